The molecule has 11 rings (SSSR count). The van der Waals surface area contributed by atoms with Gasteiger partial charge in [-0.3, -0.25) is 4.57 Å². The molecule has 0 N–H and O–H groups in total. The Hall–Kier alpha value is -6.78. The molecule has 4 nitrogen and oxygen atoms in total. The third-order valence-corrected chi connectivity index (χ3v) is 10.2. The van der Waals surface area contributed by atoms with Crippen molar-refractivity contribution in [2.24, 2.45) is 0 Å². The van der Waals surface area contributed by atoms with E-state index in [4.69, 9.17) is 14.4 Å². The van der Waals surface area contributed by atoms with Gasteiger partial charge in [0.1, 0.15) is 11.2 Å². The van der Waals surface area contributed by atoms with Gasteiger partial charge >= 0.3 is 0 Å². The van der Waals surface area contributed by atoms with Gasteiger partial charge in [0.2, 0.25) is 5.95 Å². The number of hydrogen-bond donors (Lipinski definition) is 0. The van der Waals surface area contributed by atoms with Gasteiger partial charge in [0, 0.05) is 32.5 Å². The number of fused-ring (bicyclic) bond motifs is 11. The first-order valence-electron chi connectivity index (χ1n) is 16.9. The van der Waals surface area contributed by atoms with Crippen LogP contribution < -0.4 is 0 Å². The summed E-state index contributed by atoms with van der Waals surface area (Å²) in [6.07, 6.45) is 0. The van der Waals surface area contributed by atoms with Crippen molar-refractivity contribution in [2.45, 2.75) is 0 Å². The highest BCUT2D eigenvalue weighted by molar-refractivity contribution is 6.27. The molecular weight excluding hydrogens is 611 g/mol. The van der Waals surface area contributed by atoms with Crippen molar-refractivity contribution in [2.75, 3.05) is 0 Å². The number of benzene rings is 8. The first-order chi connectivity index (χ1) is 24.8. The van der Waals surface area contributed by atoms with Crippen LogP contribution in [0.1, 0.15) is 0 Å². The second-order valence-electron chi connectivity index (χ2n) is 13.0. The summed E-state index contributed by atoms with van der Waals surface area (Å²) in [7, 11) is 0. The van der Waals surface area contributed by atoms with E-state index in [-0.39, 0.29) is 0 Å². The van der Waals surface area contributed by atoms with Crippen LogP contribution in [0.25, 0.3) is 105 Å². The maximum atomic E-state index is 7.01. The van der Waals surface area contributed by atoms with Gasteiger partial charge in [0.05, 0.1) is 27.6 Å². The van der Waals surface area contributed by atoms with E-state index >= 15 is 0 Å². The number of rotatable bonds is 3. The lowest BCUT2D eigenvalue weighted by molar-refractivity contribution is 0.676. The number of para-hydroxylation sites is 2. The second-order valence-corrected chi connectivity index (χ2v) is 13.0. The average molecular weight is 638 g/mol. The predicted molar refractivity (Wildman–Crippen MR) is 207 cm³/mol. The molecule has 0 aliphatic heterocycles. The fraction of sp³-hybridized carbons (Fsp3) is 0. The van der Waals surface area contributed by atoms with Crippen LogP contribution >= 0.6 is 0 Å². The SMILES string of the molecule is c1ccc(-c2nc(-n3c4ccccc4c4c5oc6c7ccccc7c(-c7ccc8ccccc8c7)cc6c5ccc43)nc3ccccc23)cc1. The molecule has 11 aromatic rings. The molecule has 0 atom stereocenters. The van der Waals surface area contributed by atoms with Crippen LogP contribution in [-0.2, 0) is 0 Å². The molecule has 0 aliphatic carbocycles. The quantitative estimate of drug-likeness (QED) is 0.194. The van der Waals surface area contributed by atoms with Crippen LogP contribution in [0.2, 0.25) is 0 Å². The first kappa shape index (κ1) is 27.2. The number of nitrogens with zero attached hydrogens (tertiary/aromatic N) is 3. The lowest BCUT2D eigenvalue weighted by atomic mass is 9.94. The summed E-state index contributed by atoms with van der Waals surface area (Å²) < 4.78 is 9.20. The molecular formula is C46H27N3O. The Bertz CT molecular complexity index is 3150. The summed E-state index contributed by atoms with van der Waals surface area (Å²) >= 11 is 0. The Labute approximate surface area is 286 Å². The van der Waals surface area contributed by atoms with Crippen LogP contribution in [0.5, 0.6) is 0 Å². The van der Waals surface area contributed by atoms with Gasteiger partial charge in [0.15, 0.2) is 0 Å². The Balaban J connectivity index is 1.22. The highest BCUT2D eigenvalue weighted by Gasteiger charge is 2.22. The minimum absolute atomic E-state index is 0.633. The first-order valence-corrected chi connectivity index (χ1v) is 16.9. The van der Waals surface area contributed by atoms with Gasteiger partial charge < -0.3 is 4.42 Å². The third kappa shape index (κ3) is 3.87. The monoisotopic (exact) mass is 637 g/mol. The summed E-state index contributed by atoms with van der Waals surface area (Å²) in [5.74, 6) is 0.633. The molecule has 0 unspecified atom stereocenters. The van der Waals surface area contributed by atoms with Crippen molar-refractivity contribution in [3.63, 3.8) is 0 Å². The van der Waals surface area contributed by atoms with Crippen molar-refractivity contribution in [3.05, 3.63) is 164 Å². The highest BCUT2D eigenvalue weighted by atomic mass is 16.3. The zero-order valence-electron chi connectivity index (χ0n) is 26.8. The number of aromatic nitrogens is 3. The molecule has 3 aromatic heterocycles. The lowest BCUT2D eigenvalue weighted by Gasteiger charge is -2.11. The van der Waals surface area contributed by atoms with E-state index in [0.717, 1.165) is 71.3 Å². The molecule has 0 saturated heterocycles. The molecule has 0 aliphatic rings. The van der Waals surface area contributed by atoms with Crippen LogP contribution in [-0.4, -0.2) is 14.5 Å². The topological polar surface area (TPSA) is 43.9 Å². The Kier molecular flexibility index (Phi) is 5.63. The molecule has 0 bridgehead atoms. The van der Waals surface area contributed by atoms with Crippen molar-refractivity contribution in [3.8, 4) is 28.3 Å². The van der Waals surface area contributed by atoms with Gasteiger partial charge in [-0.05, 0) is 63.7 Å². The summed E-state index contributed by atoms with van der Waals surface area (Å²) in [5.41, 5.74) is 9.07. The Morgan fingerprint density at radius 2 is 1.12 bits per heavy atom. The highest BCUT2D eigenvalue weighted by Crippen LogP contribution is 2.44. The maximum absolute atomic E-state index is 7.01. The van der Waals surface area contributed by atoms with Crippen molar-refractivity contribution in [1.82, 2.24) is 14.5 Å². The molecule has 50 heavy (non-hydrogen) atoms. The molecule has 3 heterocycles. The van der Waals surface area contributed by atoms with Gasteiger partial charge in [-0.25, -0.2) is 9.97 Å². The summed E-state index contributed by atoms with van der Waals surface area (Å²) in [4.78, 5) is 10.4. The van der Waals surface area contributed by atoms with Crippen LogP contribution in [0, 0.1) is 0 Å². The summed E-state index contributed by atoms with van der Waals surface area (Å²) in [5, 5.41) is 10.1. The van der Waals surface area contributed by atoms with E-state index < -0.39 is 0 Å². The molecule has 0 amide bonds. The Morgan fingerprint density at radius 3 is 2.00 bits per heavy atom. The molecule has 0 fully saturated rings. The average Bonchev–Trinajstić information content (AvgIpc) is 3.73. The standard InChI is InChI=1S/C46H27N3O/c1-2-13-29(14-3-1)43-35-18-8-10-20-39(35)47-46(48-43)49-40-21-11-9-19-36(40)42-41(49)25-24-34-38-27-37(31-23-22-28-12-4-5-15-30(28)26-31)32-16-6-7-17-33(32)44(38)50-45(34)42/h1-27H. The normalized spacial score (nSPS) is 12.0. The van der Waals surface area contributed by atoms with Crippen LogP contribution in [0.3, 0.4) is 0 Å². The van der Waals surface area contributed by atoms with Gasteiger partial charge in [-0.15, -0.1) is 0 Å². The number of furan rings is 1. The van der Waals surface area contributed by atoms with Gasteiger partial charge in [-0.2, -0.15) is 0 Å². The largest absolute Gasteiger partial charge is 0.455 e. The van der Waals surface area contributed by atoms with E-state index in [9.17, 15) is 0 Å². The molecule has 4 heteroatoms. The lowest BCUT2D eigenvalue weighted by Crippen LogP contribution is -2.03. The van der Waals surface area contributed by atoms with E-state index in [2.05, 4.69) is 150 Å². The molecule has 0 saturated carbocycles. The maximum Gasteiger partial charge on any atom is 0.235 e. The van der Waals surface area contributed by atoms with E-state index in [1.165, 1.54) is 27.3 Å². The van der Waals surface area contributed by atoms with Crippen molar-refractivity contribution in [1.29, 1.82) is 0 Å². The van der Waals surface area contributed by atoms with Crippen LogP contribution in [0.15, 0.2) is 168 Å². The molecule has 232 valence electrons. The zero-order chi connectivity index (χ0) is 32.8. The number of hydrogen-bond acceptors (Lipinski definition) is 3. The van der Waals surface area contributed by atoms with Crippen molar-refractivity contribution < 1.29 is 4.42 Å². The van der Waals surface area contributed by atoms with E-state index in [0.29, 0.717) is 5.95 Å². The third-order valence-electron chi connectivity index (χ3n) is 10.2. The fourth-order valence-electron chi connectivity index (χ4n) is 7.90. The molecule has 0 spiro atoms. The van der Waals surface area contributed by atoms with Crippen LogP contribution in [0.4, 0.5) is 0 Å². The smallest absolute Gasteiger partial charge is 0.235 e. The van der Waals surface area contributed by atoms with E-state index in [1.807, 2.05) is 18.2 Å². The second kappa shape index (κ2) is 10.4. The van der Waals surface area contributed by atoms with Gasteiger partial charge in [-0.1, -0.05) is 127 Å². The predicted octanol–water partition coefficient (Wildman–Crippen LogP) is 12.3. The molecule has 8 aromatic carbocycles. The zero-order valence-corrected chi connectivity index (χ0v) is 26.8. The minimum atomic E-state index is 0.633. The molecule has 0 radical (unpaired) electrons. The summed E-state index contributed by atoms with van der Waals surface area (Å²) in [6, 6.07) is 57.7. The van der Waals surface area contributed by atoms with Crippen molar-refractivity contribution >= 4 is 76.2 Å². The van der Waals surface area contributed by atoms with E-state index in [1.54, 1.807) is 0 Å². The van der Waals surface area contributed by atoms with Gasteiger partial charge in [0.25, 0.3) is 0 Å². The fourth-order valence-corrected chi connectivity index (χ4v) is 7.90. The Morgan fingerprint density at radius 1 is 0.420 bits per heavy atom. The minimum Gasteiger partial charge on any atom is -0.455 e. The summed E-state index contributed by atoms with van der Waals surface area (Å²) in [6.45, 7) is 0.